The second kappa shape index (κ2) is 11.6. The predicted octanol–water partition coefficient (Wildman–Crippen LogP) is 9.38. The van der Waals surface area contributed by atoms with E-state index in [0.29, 0.717) is 28.1 Å². The van der Waals surface area contributed by atoms with Crippen molar-refractivity contribution in [3.63, 3.8) is 0 Å². The molecule has 1 radical (unpaired) electrons. The van der Waals surface area contributed by atoms with E-state index >= 15 is 0 Å². The number of benzene rings is 4. The monoisotopic (exact) mass is 709 g/mol. The Morgan fingerprint density at radius 3 is 2.27 bits per heavy atom. The fourth-order valence-corrected chi connectivity index (χ4v) is 4.39. The third-order valence-corrected chi connectivity index (χ3v) is 6.34. The van der Waals surface area contributed by atoms with Crippen molar-refractivity contribution in [1.82, 2.24) is 9.97 Å². The van der Waals surface area contributed by atoms with Crippen LogP contribution in [0.25, 0.3) is 55.2 Å². The number of furan rings is 1. The van der Waals surface area contributed by atoms with E-state index in [1.54, 1.807) is 18.2 Å². The summed E-state index contributed by atoms with van der Waals surface area (Å²) in [6, 6.07) is 30.4. The second-order valence-corrected chi connectivity index (χ2v) is 8.90. The van der Waals surface area contributed by atoms with E-state index in [1.807, 2.05) is 42.5 Å². The summed E-state index contributed by atoms with van der Waals surface area (Å²) < 4.78 is 96.3. The van der Waals surface area contributed by atoms with Gasteiger partial charge in [-0.25, -0.2) is 0 Å². The number of aryl methyl sites for hydroxylation is 4. The van der Waals surface area contributed by atoms with Crippen LogP contribution in [0.3, 0.4) is 0 Å². The SMILES string of the molecule is [2H]C([2H])([2H])c1c[c-]c(-c2ccc(C([2H])([2H])[2H])cn2)cc1.[2H]C([2H])([2H])c1cnc(-c2[c-]ccc3c2oc2c4ccccc4ccc32)cc1C([2H])([2H])[2H].[Ir]. The molecule has 0 N–H and O–H groups in total. The maximum atomic E-state index is 7.82. The molecule has 3 aromatic heterocycles. The van der Waals surface area contributed by atoms with Crippen molar-refractivity contribution in [1.29, 1.82) is 0 Å². The predicted molar refractivity (Wildman–Crippen MR) is 161 cm³/mol. The van der Waals surface area contributed by atoms with Crippen molar-refractivity contribution >= 4 is 32.7 Å². The Kier molecular flexibility index (Phi) is 4.69. The van der Waals surface area contributed by atoms with Crippen molar-refractivity contribution in [2.45, 2.75) is 27.4 Å². The molecular weight excluding hydrogens is 669 g/mol. The zero-order chi connectivity index (χ0) is 36.9. The summed E-state index contributed by atoms with van der Waals surface area (Å²) in [5.74, 6) is 0. The molecule has 4 aromatic carbocycles. The van der Waals surface area contributed by atoms with Crippen LogP contribution < -0.4 is 0 Å². The van der Waals surface area contributed by atoms with Gasteiger partial charge in [-0.3, -0.25) is 0 Å². The van der Waals surface area contributed by atoms with Gasteiger partial charge in [-0.2, -0.15) is 0 Å². The van der Waals surface area contributed by atoms with Crippen LogP contribution in [0.2, 0.25) is 0 Å². The minimum atomic E-state index is -2.60. The molecule has 0 aliphatic carbocycles. The normalized spacial score (nSPS) is 16.5. The van der Waals surface area contributed by atoms with Gasteiger partial charge >= 0.3 is 0 Å². The molecule has 0 aliphatic rings. The van der Waals surface area contributed by atoms with Gasteiger partial charge in [-0.15, -0.1) is 53.6 Å². The van der Waals surface area contributed by atoms with Crippen LogP contribution in [-0.4, -0.2) is 9.97 Å². The van der Waals surface area contributed by atoms with Gasteiger partial charge in [0.25, 0.3) is 0 Å². The number of rotatable bonds is 2. The van der Waals surface area contributed by atoms with Crippen LogP contribution in [0.15, 0.2) is 102 Å². The van der Waals surface area contributed by atoms with Crippen LogP contribution in [0, 0.1) is 39.5 Å². The van der Waals surface area contributed by atoms with Crippen LogP contribution in [0.5, 0.6) is 0 Å². The van der Waals surface area contributed by atoms with Gasteiger partial charge < -0.3 is 14.4 Å². The summed E-state index contributed by atoms with van der Waals surface area (Å²) in [4.78, 5) is 8.35. The summed E-state index contributed by atoms with van der Waals surface area (Å²) in [5, 5.41) is 3.80. The van der Waals surface area contributed by atoms with Crippen molar-refractivity contribution in [2.75, 3.05) is 0 Å². The smallest absolute Gasteiger partial charge is 0.128 e. The Morgan fingerprint density at radius 2 is 1.50 bits per heavy atom. The maximum absolute atomic E-state index is 7.82. The summed E-state index contributed by atoms with van der Waals surface area (Å²) in [6.07, 6.45) is 2.42. The zero-order valence-electron chi connectivity index (χ0n) is 32.9. The molecule has 0 atom stereocenters. The molecule has 40 heavy (non-hydrogen) atoms. The number of fused-ring (bicyclic) bond motifs is 5. The minimum Gasteiger partial charge on any atom is -0.500 e. The number of hydrogen-bond acceptors (Lipinski definition) is 3. The molecular formula is C36H28IrN2O-2. The molecule has 0 bridgehead atoms. The first-order valence-electron chi connectivity index (χ1n) is 18.1. The summed E-state index contributed by atoms with van der Waals surface area (Å²) in [6.45, 7) is -9.52. The van der Waals surface area contributed by atoms with Crippen LogP contribution >= 0.6 is 0 Å². The Balaban J connectivity index is 0.000000217. The van der Waals surface area contributed by atoms with E-state index in [-0.39, 0.29) is 42.4 Å². The number of nitrogens with zero attached hydrogens (tertiary/aromatic N) is 2. The number of aromatic nitrogens is 2. The first kappa shape index (κ1) is 16.2. The van der Waals surface area contributed by atoms with Gasteiger partial charge in [-0.05, 0) is 48.5 Å². The van der Waals surface area contributed by atoms with E-state index in [2.05, 4.69) is 22.1 Å². The van der Waals surface area contributed by atoms with Crippen molar-refractivity contribution in [3.05, 3.63) is 132 Å². The molecule has 0 aliphatic heterocycles. The third kappa shape index (κ3) is 5.34. The molecule has 3 heterocycles. The molecule has 7 aromatic rings. The molecule has 0 amide bonds. The minimum absolute atomic E-state index is 0. The van der Waals surface area contributed by atoms with Crippen LogP contribution in [-0.2, 0) is 20.1 Å². The fraction of sp³-hybridized carbons (Fsp3) is 0.111. The maximum Gasteiger partial charge on any atom is 0.128 e. The summed E-state index contributed by atoms with van der Waals surface area (Å²) >= 11 is 0. The van der Waals surface area contributed by atoms with Gasteiger partial charge in [0.05, 0.1) is 5.58 Å². The average Bonchev–Trinajstić information content (AvgIpc) is 3.46. The summed E-state index contributed by atoms with van der Waals surface area (Å²) in [7, 11) is 0. The van der Waals surface area contributed by atoms with E-state index in [0.717, 1.165) is 33.3 Å². The van der Waals surface area contributed by atoms with Gasteiger partial charge in [-0.1, -0.05) is 78.0 Å². The van der Waals surface area contributed by atoms with Gasteiger partial charge in [0, 0.05) is 59.7 Å². The number of pyridine rings is 2. The molecule has 7 rings (SSSR count). The topological polar surface area (TPSA) is 38.9 Å². The Hall–Kier alpha value is -4.11. The Morgan fingerprint density at radius 1 is 0.675 bits per heavy atom. The Labute approximate surface area is 265 Å². The first-order chi connectivity index (χ1) is 23.8. The first-order valence-corrected chi connectivity index (χ1v) is 12.1. The quantitative estimate of drug-likeness (QED) is 0.168. The third-order valence-electron chi connectivity index (χ3n) is 6.34. The number of hydrogen-bond donors (Lipinski definition) is 0. The molecule has 0 saturated heterocycles. The van der Waals surface area contributed by atoms with E-state index in [1.165, 1.54) is 30.5 Å². The fourth-order valence-electron chi connectivity index (χ4n) is 4.39. The zero-order valence-corrected chi connectivity index (χ0v) is 23.3. The molecule has 199 valence electrons. The molecule has 3 nitrogen and oxygen atoms in total. The molecule has 0 saturated carbocycles. The Bertz CT molecular complexity index is 2300. The average molecular weight is 709 g/mol. The molecule has 0 unspecified atom stereocenters. The van der Waals surface area contributed by atoms with Gasteiger partial charge in [0.15, 0.2) is 0 Å². The van der Waals surface area contributed by atoms with E-state index in [9.17, 15) is 0 Å². The molecule has 0 spiro atoms. The van der Waals surface area contributed by atoms with Gasteiger partial charge in [0.2, 0.25) is 0 Å². The van der Waals surface area contributed by atoms with Crippen molar-refractivity contribution in [2.24, 2.45) is 0 Å². The largest absolute Gasteiger partial charge is 0.500 e. The van der Waals surface area contributed by atoms with Crippen molar-refractivity contribution < 1.29 is 41.0 Å². The van der Waals surface area contributed by atoms with E-state index in [4.69, 9.17) is 20.9 Å². The molecule has 4 heteroatoms. The summed E-state index contributed by atoms with van der Waals surface area (Å²) in [5.41, 5.74) is 3.06. The van der Waals surface area contributed by atoms with Gasteiger partial charge in [0.1, 0.15) is 5.58 Å². The molecule has 0 fully saturated rings. The van der Waals surface area contributed by atoms with Crippen molar-refractivity contribution in [3.8, 4) is 22.5 Å². The van der Waals surface area contributed by atoms with E-state index < -0.39 is 27.4 Å². The standard InChI is InChI=1S/C23H16NO.C13H12N.Ir/c1-14-12-21(24-13-15(14)2)20-9-5-8-18-19-11-10-16-6-3-4-7-17(16)22(19)25-23(18)20;1-10-3-6-12(7-4-10)13-8-5-11(2)9-14-13;/h3-8,10-13H,1-2H3;3-6,8-9H,1-2H3;/q2*-1;/i2*1D3,2D3;. The second-order valence-electron chi connectivity index (χ2n) is 8.90. The van der Waals surface area contributed by atoms with Crippen LogP contribution in [0.1, 0.15) is 38.7 Å². The van der Waals surface area contributed by atoms with Crippen LogP contribution in [0.4, 0.5) is 0 Å².